The Morgan fingerprint density at radius 1 is 1.38 bits per heavy atom. The normalized spacial score (nSPS) is 17.0. The smallest absolute Gasteiger partial charge is 0.270 e. The van der Waals surface area contributed by atoms with E-state index in [4.69, 9.17) is 21.1 Å². The van der Waals surface area contributed by atoms with Crippen molar-refractivity contribution in [3.8, 4) is 5.75 Å². The average Bonchev–Trinajstić information content (AvgIpc) is 2.66. The minimum absolute atomic E-state index is 0.0408. The lowest BCUT2D eigenvalue weighted by Gasteiger charge is -2.23. The van der Waals surface area contributed by atoms with Crippen molar-refractivity contribution >= 4 is 17.5 Å². The fraction of sp³-hybridized carbons (Fsp3) is 0.400. The number of nitrogens with one attached hydrogen (secondary N) is 1. The molecule has 0 radical (unpaired) electrons. The third kappa shape index (κ3) is 4.54. The summed E-state index contributed by atoms with van der Waals surface area (Å²) in [5.41, 5.74) is 3.02. The predicted octanol–water partition coefficient (Wildman–Crippen LogP) is 3.55. The molecule has 1 amide bonds. The van der Waals surface area contributed by atoms with Gasteiger partial charge in [-0.25, -0.2) is 4.98 Å². The highest BCUT2D eigenvalue weighted by atomic mass is 35.5. The summed E-state index contributed by atoms with van der Waals surface area (Å²) in [6.07, 6.45) is 2.51. The van der Waals surface area contributed by atoms with E-state index in [1.54, 1.807) is 13.2 Å². The van der Waals surface area contributed by atoms with Gasteiger partial charge in [0.15, 0.2) is 0 Å². The highest BCUT2D eigenvalue weighted by Gasteiger charge is 2.19. The quantitative estimate of drug-likeness (QED) is 0.869. The molecular formula is C20H23ClN2O3. The monoisotopic (exact) mass is 374 g/mol. The zero-order valence-electron chi connectivity index (χ0n) is 15.0. The molecule has 0 bridgehead atoms. The van der Waals surface area contributed by atoms with Crippen molar-refractivity contribution < 1.29 is 14.3 Å². The Balaban J connectivity index is 1.78. The number of aryl methyl sites for hydroxylation is 1. The number of hydrogen-bond acceptors (Lipinski definition) is 4. The standard InChI is InChI=1S/C20H23ClN2O3/c1-13-19(21)15(10-14-5-7-17(25-2)8-6-14)11-18(22-13)20(24)23-16-4-3-9-26-12-16/h5-8,11,16H,3-4,9-10,12H2,1-2H3,(H,23,24). The first-order valence-corrected chi connectivity index (χ1v) is 9.12. The zero-order valence-corrected chi connectivity index (χ0v) is 15.8. The summed E-state index contributed by atoms with van der Waals surface area (Å²) >= 11 is 6.43. The number of carbonyl (C=O) groups is 1. The fourth-order valence-electron chi connectivity index (χ4n) is 3.04. The topological polar surface area (TPSA) is 60.5 Å². The lowest BCUT2D eigenvalue weighted by atomic mass is 10.0. The Morgan fingerprint density at radius 2 is 2.15 bits per heavy atom. The highest BCUT2D eigenvalue weighted by molar-refractivity contribution is 6.32. The summed E-state index contributed by atoms with van der Waals surface area (Å²) < 4.78 is 10.6. The Hall–Kier alpha value is -2.11. The van der Waals surface area contributed by atoms with Crippen molar-refractivity contribution in [2.75, 3.05) is 20.3 Å². The molecular weight excluding hydrogens is 352 g/mol. The number of benzene rings is 1. The lowest BCUT2D eigenvalue weighted by molar-refractivity contribution is 0.0622. The van der Waals surface area contributed by atoms with E-state index in [9.17, 15) is 4.79 Å². The third-order valence-corrected chi connectivity index (χ3v) is 5.00. The van der Waals surface area contributed by atoms with Crippen molar-refractivity contribution in [1.82, 2.24) is 10.3 Å². The first-order valence-electron chi connectivity index (χ1n) is 8.74. The van der Waals surface area contributed by atoms with Crippen molar-refractivity contribution in [1.29, 1.82) is 0 Å². The number of ether oxygens (including phenoxy) is 2. The van der Waals surface area contributed by atoms with Crippen molar-refractivity contribution in [2.24, 2.45) is 0 Å². The van der Waals surface area contributed by atoms with Gasteiger partial charge in [0.25, 0.3) is 5.91 Å². The minimum atomic E-state index is -0.184. The summed E-state index contributed by atoms with van der Waals surface area (Å²) in [5.74, 6) is 0.622. The lowest BCUT2D eigenvalue weighted by Crippen LogP contribution is -2.41. The predicted molar refractivity (Wildman–Crippen MR) is 101 cm³/mol. The van der Waals surface area contributed by atoms with E-state index in [-0.39, 0.29) is 11.9 Å². The van der Waals surface area contributed by atoms with Crippen LogP contribution in [0.15, 0.2) is 30.3 Å². The second-order valence-corrected chi connectivity index (χ2v) is 6.86. The first-order chi connectivity index (χ1) is 12.6. The van der Waals surface area contributed by atoms with Crippen LogP contribution in [0, 0.1) is 6.92 Å². The Labute approximate surface area is 158 Å². The molecule has 26 heavy (non-hydrogen) atoms. The average molecular weight is 375 g/mol. The number of carbonyl (C=O) groups excluding carboxylic acids is 1. The molecule has 0 saturated carbocycles. The number of halogens is 1. The van der Waals surface area contributed by atoms with E-state index in [1.165, 1.54) is 0 Å². The molecule has 0 spiro atoms. The van der Waals surface area contributed by atoms with Crippen LogP contribution in [-0.2, 0) is 11.2 Å². The van der Waals surface area contributed by atoms with Crippen LogP contribution in [0.4, 0.5) is 0 Å². The summed E-state index contributed by atoms with van der Waals surface area (Å²) in [7, 11) is 1.64. The largest absolute Gasteiger partial charge is 0.497 e. The maximum Gasteiger partial charge on any atom is 0.270 e. The SMILES string of the molecule is COc1ccc(Cc2cc(C(=O)NC3CCCOC3)nc(C)c2Cl)cc1. The summed E-state index contributed by atoms with van der Waals surface area (Å²) in [6, 6.07) is 9.62. The molecule has 3 rings (SSSR count). The van der Waals surface area contributed by atoms with Gasteiger partial charge in [0, 0.05) is 6.61 Å². The van der Waals surface area contributed by atoms with Crippen LogP contribution in [0.2, 0.25) is 5.02 Å². The molecule has 1 aromatic heterocycles. The molecule has 6 heteroatoms. The maximum absolute atomic E-state index is 12.6. The van der Waals surface area contributed by atoms with E-state index in [0.29, 0.717) is 29.4 Å². The number of nitrogens with zero attached hydrogens (tertiary/aromatic N) is 1. The van der Waals surface area contributed by atoms with E-state index >= 15 is 0 Å². The van der Waals surface area contributed by atoms with Gasteiger partial charge in [0.05, 0.1) is 30.5 Å². The number of hydrogen-bond donors (Lipinski definition) is 1. The van der Waals surface area contributed by atoms with Crippen LogP contribution in [0.3, 0.4) is 0 Å². The molecule has 1 unspecified atom stereocenters. The first kappa shape index (κ1) is 18.7. The number of aromatic nitrogens is 1. The number of amides is 1. The molecule has 1 N–H and O–H groups in total. The molecule has 138 valence electrons. The van der Waals surface area contributed by atoms with Crippen LogP contribution in [0.1, 0.15) is 40.2 Å². The van der Waals surface area contributed by atoms with Crippen LogP contribution in [0.25, 0.3) is 0 Å². The van der Waals surface area contributed by atoms with Gasteiger partial charge in [-0.15, -0.1) is 0 Å². The van der Waals surface area contributed by atoms with E-state index in [2.05, 4.69) is 10.3 Å². The summed E-state index contributed by atoms with van der Waals surface area (Å²) in [5, 5.41) is 3.60. The molecule has 1 saturated heterocycles. The summed E-state index contributed by atoms with van der Waals surface area (Å²) in [6.45, 7) is 3.13. The molecule has 1 aromatic carbocycles. The third-order valence-electron chi connectivity index (χ3n) is 4.48. The van der Waals surface area contributed by atoms with Crippen LogP contribution >= 0.6 is 11.6 Å². The van der Waals surface area contributed by atoms with Crippen molar-refractivity contribution in [3.63, 3.8) is 0 Å². The van der Waals surface area contributed by atoms with Crippen molar-refractivity contribution in [2.45, 2.75) is 32.2 Å². The molecule has 1 aliphatic rings. The fourth-order valence-corrected chi connectivity index (χ4v) is 3.21. The van der Waals surface area contributed by atoms with Gasteiger partial charge < -0.3 is 14.8 Å². The minimum Gasteiger partial charge on any atom is -0.497 e. The maximum atomic E-state index is 12.6. The molecule has 1 fully saturated rings. The van der Waals surface area contributed by atoms with Gasteiger partial charge in [-0.3, -0.25) is 4.79 Å². The summed E-state index contributed by atoms with van der Waals surface area (Å²) in [4.78, 5) is 16.9. The Bertz CT molecular complexity index is 771. The zero-order chi connectivity index (χ0) is 18.5. The number of methoxy groups -OCH3 is 1. The number of pyridine rings is 1. The van der Waals surface area contributed by atoms with E-state index in [1.807, 2.05) is 31.2 Å². The van der Waals surface area contributed by atoms with Crippen LogP contribution in [0.5, 0.6) is 5.75 Å². The van der Waals surface area contributed by atoms with Crippen LogP contribution < -0.4 is 10.1 Å². The van der Waals surface area contributed by atoms with E-state index in [0.717, 1.165) is 36.3 Å². The molecule has 1 atom stereocenters. The molecule has 5 nitrogen and oxygen atoms in total. The number of rotatable bonds is 5. The molecule has 2 heterocycles. The van der Waals surface area contributed by atoms with Gasteiger partial charge in [-0.1, -0.05) is 23.7 Å². The Kier molecular flexibility index (Phi) is 6.12. The van der Waals surface area contributed by atoms with Gasteiger partial charge in [-0.2, -0.15) is 0 Å². The highest BCUT2D eigenvalue weighted by Crippen LogP contribution is 2.24. The van der Waals surface area contributed by atoms with Crippen molar-refractivity contribution in [3.05, 3.63) is 57.9 Å². The Morgan fingerprint density at radius 3 is 2.81 bits per heavy atom. The van der Waals surface area contributed by atoms with Gasteiger partial charge in [0.1, 0.15) is 11.4 Å². The molecule has 0 aliphatic carbocycles. The second-order valence-electron chi connectivity index (χ2n) is 6.48. The molecule has 2 aromatic rings. The van der Waals surface area contributed by atoms with Crippen LogP contribution in [-0.4, -0.2) is 37.3 Å². The molecule has 1 aliphatic heterocycles. The van der Waals surface area contributed by atoms with Gasteiger partial charge in [0.2, 0.25) is 0 Å². The van der Waals surface area contributed by atoms with Gasteiger partial charge in [-0.05, 0) is 55.5 Å². The van der Waals surface area contributed by atoms with Gasteiger partial charge >= 0.3 is 0 Å². The van der Waals surface area contributed by atoms with E-state index < -0.39 is 0 Å². The second kappa shape index (κ2) is 8.52.